The summed E-state index contributed by atoms with van der Waals surface area (Å²) in [6, 6.07) is 5.56. The zero-order valence-corrected chi connectivity index (χ0v) is 16.4. The molecule has 2 amide bonds. The van der Waals surface area contributed by atoms with E-state index in [-0.39, 0.29) is 21.0 Å². The first-order valence-corrected chi connectivity index (χ1v) is 10.5. The summed E-state index contributed by atoms with van der Waals surface area (Å²) >= 11 is 1.11. The normalized spacial score (nSPS) is 12.3. The number of nitrogens with one attached hydrogen (secondary N) is 1. The lowest BCUT2D eigenvalue weighted by Gasteiger charge is -2.14. The number of thiophene rings is 1. The van der Waals surface area contributed by atoms with E-state index in [9.17, 15) is 22.8 Å². The standard InChI is InChI=1S/C17H18N2O6S2/c1-9-4-5-11(27(3,23)24)8-13(9)17(22)25-10(2)15(21)19-16-12(14(18)20)6-7-26-16/h4-8,10H,1-3H3,(H2,18,20)(H,19,21)/t10-/m0/s1. The van der Waals surface area contributed by atoms with Crippen molar-refractivity contribution >= 4 is 44.0 Å². The number of hydrogen-bond acceptors (Lipinski definition) is 7. The highest BCUT2D eigenvalue weighted by Crippen LogP contribution is 2.23. The van der Waals surface area contributed by atoms with E-state index in [0.717, 1.165) is 17.6 Å². The molecule has 10 heteroatoms. The van der Waals surface area contributed by atoms with Gasteiger partial charge in [-0.15, -0.1) is 11.3 Å². The molecule has 0 spiro atoms. The van der Waals surface area contributed by atoms with Gasteiger partial charge in [-0.3, -0.25) is 9.59 Å². The third-order valence-corrected chi connectivity index (χ3v) is 5.62. The highest BCUT2D eigenvalue weighted by atomic mass is 32.2. The third kappa shape index (κ3) is 4.92. The lowest BCUT2D eigenvalue weighted by molar-refractivity contribution is -0.123. The Morgan fingerprint density at radius 3 is 2.44 bits per heavy atom. The predicted octanol–water partition coefficient (Wildman–Crippen LogP) is 1.74. The molecule has 0 unspecified atom stereocenters. The quantitative estimate of drug-likeness (QED) is 0.697. The predicted molar refractivity (Wildman–Crippen MR) is 101 cm³/mol. The first-order valence-electron chi connectivity index (χ1n) is 7.70. The molecule has 3 N–H and O–H groups in total. The number of amides is 2. The van der Waals surface area contributed by atoms with Gasteiger partial charge in [-0.2, -0.15) is 0 Å². The van der Waals surface area contributed by atoms with E-state index in [1.165, 1.54) is 31.2 Å². The molecule has 8 nitrogen and oxygen atoms in total. The minimum absolute atomic E-state index is 0.0261. The van der Waals surface area contributed by atoms with Gasteiger partial charge in [0.15, 0.2) is 15.9 Å². The van der Waals surface area contributed by atoms with Gasteiger partial charge in [0.05, 0.1) is 16.0 Å². The van der Waals surface area contributed by atoms with Crippen LogP contribution in [0, 0.1) is 6.92 Å². The van der Waals surface area contributed by atoms with Crippen molar-refractivity contribution in [3.05, 3.63) is 46.3 Å². The van der Waals surface area contributed by atoms with E-state index in [1.54, 1.807) is 12.3 Å². The number of rotatable bonds is 6. The average molecular weight is 410 g/mol. The Labute approximate surface area is 160 Å². The van der Waals surface area contributed by atoms with Crippen LogP contribution in [0.2, 0.25) is 0 Å². The smallest absolute Gasteiger partial charge is 0.339 e. The summed E-state index contributed by atoms with van der Waals surface area (Å²) in [7, 11) is -3.50. The number of aryl methyl sites for hydroxylation is 1. The number of benzene rings is 1. The molecular weight excluding hydrogens is 392 g/mol. The van der Waals surface area contributed by atoms with Crippen molar-refractivity contribution in [2.45, 2.75) is 24.8 Å². The van der Waals surface area contributed by atoms with E-state index >= 15 is 0 Å². The van der Waals surface area contributed by atoms with E-state index in [4.69, 9.17) is 10.5 Å². The summed E-state index contributed by atoms with van der Waals surface area (Å²) in [6.45, 7) is 2.98. The number of carbonyl (C=O) groups excluding carboxylic acids is 3. The molecular formula is C17H18N2O6S2. The number of primary amides is 1. The van der Waals surface area contributed by atoms with Gasteiger partial charge < -0.3 is 15.8 Å². The lowest BCUT2D eigenvalue weighted by Crippen LogP contribution is -2.30. The Morgan fingerprint density at radius 1 is 1.19 bits per heavy atom. The molecule has 1 aromatic carbocycles. The van der Waals surface area contributed by atoms with Crippen LogP contribution in [0.1, 0.15) is 33.2 Å². The Morgan fingerprint density at radius 2 is 1.85 bits per heavy atom. The molecule has 0 radical (unpaired) electrons. The molecule has 2 aromatic rings. The molecule has 1 atom stereocenters. The summed E-state index contributed by atoms with van der Waals surface area (Å²) in [5.41, 5.74) is 5.93. The van der Waals surface area contributed by atoms with Gasteiger partial charge in [-0.25, -0.2) is 13.2 Å². The molecule has 0 bridgehead atoms. The summed E-state index contributed by atoms with van der Waals surface area (Å²) in [5, 5.41) is 4.33. The second kappa shape index (κ2) is 7.89. The van der Waals surface area contributed by atoms with E-state index < -0.39 is 33.7 Å². The summed E-state index contributed by atoms with van der Waals surface area (Å²) in [5.74, 6) is -2.17. The van der Waals surface area contributed by atoms with Crippen LogP contribution < -0.4 is 11.1 Å². The fourth-order valence-corrected chi connectivity index (χ4v) is 3.59. The number of sulfone groups is 1. The van der Waals surface area contributed by atoms with Gasteiger partial charge >= 0.3 is 5.97 Å². The fraction of sp³-hybridized carbons (Fsp3) is 0.235. The summed E-state index contributed by atoms with van der Waals surface area (Å²) in [4.78, 5) is 35.9. The molecule has 0 aliphatic rings. The van der Waals surface area contributed by atoms with Crippen molar-refractivity contribution in [2.24, 2.45) is 5.73 Å². The highest BCUT2D eigenvalue weighted by molar-refractivity contribution is 7.90. The van der Waals surface area contributed by atoms with Crippen LogP contribution in [-0.4, -0.2) is 38.6 Å². The van der Waals surface area contributed by atoms with Crippen molar-refractivity contribution in [1.82, 2.24) is 0 Å². The molecule has 2 rings (SSSR count). The maximum absolute atomic E-state index is 12.4. The molecule has 0 aliphatic carbocycles. The van der Waals surface area contributed by atoms with Crippen molar-refractivity contribution in [2.75, 3.05) is 11.6 Å². The molecule has 1 aromatic heterocycles. The summed E-state index contributed by atoms with van der Waals surface area (Å²) in [6.07, 6.45) is -0.151. The monoisotopic (exact) mass is 410 g/mol. The Hall–Kier alpha value is -2.72. The maximum Gasteiger partial charge on any atom is 0.339 e. The molecule has 144 valence electrons. The van der Waals surface area contributed by atoms with Crippen molar-refractivity contribution in [3.63, 3.8) is 0 Å². The second-order valence-corrected chi connectivity index (χ2v) is 8.75. The fourth-order valence-electron chi connectivity index (χ4n) is 2.14. The van der Waals surface area contributed by atoms with Crippen LogP contribution >= 0.6 is 11.3 Å². The van der Waals surface area contributed by atoms with Crippen molar-refractivity contribution < 1.29 is 27.5 Å². The molecule has 27 heavy (non-hydrogen) atoms. The molecule has 0 aliphatic heterocycles. The SMILES string of the molecule is Cc1ccc(S(C)(=O)=O)cc1C(=O)O[C@@H](C)C(=O)Nc1sccc1C(N)=O. The van der Waals surface area contributed by atoms with Crippen molar-refractivity contribution in [3.8, 4) is 0 Å². The topological polar surface area (TPSA) is 133 Å². The van der Waals surface area contributed by atoms with Crippen LogP contribution in [0.3, 0.4) is 0 Å². The van der Waals surface area contributed by atoms with Gasteiger partial charge in [0.1, 0.15) is 5.00 Å². The molecule has 1 heterocycles. The maximum atomic E-state index is 12.4. The minimum Gasteiger partial charge on any atom is -0.449 e. The zero-order chi connectivity index (χ0) is 20.4. The third-order valence-electron chi connectivity index (χ3n) is 3.68. The van der Waals surface area contributed by atoms with E-state index in [1.807, 2.05) is 0 Å². The van der Waals surface area contributed by atoms with E-state index in [2.05, 4.69) is 5.32 Å². The Bertz CT molecular complexity index is 1010. The van der Waals surface area contributed by atoms with Gasteiger partial charge in [-0.1, -0.05) is 6.07 Å². The Kier molecular flexibility index (Phi) is 6.01. The second-order valence-electron chi connectivity index (χ2n) is 5.81. The number of nitrogens with two attached hydrogens (primary N) is 1. The van der Waals surface area contributed by atoms with Crippen LogP contribution in [0.5, 0.6) is 0 Å². The molecule has 0 fully saturated rings. The number of ether oxygens (including phenoxy) is 1. The van der Waals surface area contributed by atoms with Crippen LogP contribution in [0.15, 0.2) is 34.5 Å². The lowest BCUT2D eigenvalue weighted by atomic mass is 10.1. The Balaban J connectivity index is 2.14. The first-order chi connectivity index (χ1) is 12.5. The van der Waals surface area contributed by atoms with Crippen LogP contribution in [0.4, 0.5) is 5.00 Å². The summed E-state index contributed by atoms with van der Waals surface area (Å²) < 4.78 is 28.5. The zero-order valence-electron chi connectivity index (χ0n) is 14.8. The average Bonchev–Trinajstić information content (AvgIpc) is 3.02. The van der Waals surface area contributed by atoms with Gasteiger partial charge in [0, 0.05) is 6.26 Å². The minimum atomic E-state index is -3.50. The number of anilines is 1. The first kappa shape index (κ1) is 20.6. The highest BCUT2D eigenvalue weighted by Gasteiger charge is 2.23. The molecule has 0 saturated carbocycles. The van der Waals surface area contributed by atoms with E-state index in [0.29, 0.717) is 5.56 Å². The van der Waals surface area contributed by atoms with Gasteiger partial charge in [0.25, 0.3) is 11.8 Å². The van der Waals surface area contributed by atoms with Crippen molar-refractivity contribution in [1.29, 1.82) is 0 Å². The largest absolute Gasteiger partial charge is 0.449 e. The number of hydrogen-bond donors (Lipinski definition) is 2. The molecule has 0 saturated heterocycles. The van der Waals surface area contributed by atoms with Crippen LogP contribution in [0.25, 0.3) is 0 Å². The number of esters is 1. The van der Waals surface area contributed by atoms with Gasteiger partial charge in [-0.05, 0) is 43.0 Å². The van der Waals surface area contributed by atoms with Gasteiger partial charge in [0.2, 0.25) is 0 Å². The van der Waals surface area contributed by atoms with Crippen LogP contribution in [-0.2, 0) is 19.4 Å². The number of carbonyl (C=O) groups is 3.